The third-order valence-electron chi connectivity index (χ3n) is 5.48. The highest BCUT2D eigenvalue weighted by atomic mass is 32.2. The van der Waals surface area contributed by atoms with Gasteiger partial charge >= 0.3 is 0 Å². The molecular weight excluding hydrogens is 439 g/mol. The van der Waals surface area contributed by atoms with Gasteiger partial charge in [0.15, 0.2) is 11.5 Å². The molecule has 174 valence electrons. The first kappa shape index (κ1) is 22.9. The molecule has 2 aliphatic rings. The number of β-amino-alcohol motifs (C(OH)–C–C–N with tert-alkyl or cyclic N) is 1. The average molecular weight is 467 g/mol. The molecule has 0 spiro atoms. The average Bonchev–Trinajstić information content (AvgIpc) is 2.80. The van der Waals surface area contributed by atoms with Crippen molar-refractivity contribution in [3.8, 4) is 11.5 Å². The van der Waals surface area contributed by atoms with E-state index in [0.717, 1.165) is 0 Å². The van der Waals surface area contributed by atoms with E-state index in [0.29, 0.717) is 63.0 Å². The molecule has 1 saturated heterocycles. The Morgan fingerprint density at radius 2 is 1.75 bits per heavy atom. The zero-order valence-corrected chi connectivity index (χ0v) is 18.5. The summed E-state index contributed by atoms with van der Waals surface area (Å²) in [6.45, 7) is 2.98. The Morgan fingerprint density at radius 1 is 1.03 bits per heavy atom. The van der Waals surface area contributed by atoms with Crippen molar-refractivity contribution >= 4 is 10.0 Å². The number of fused-ring (bicyclic) bond motifs is 1. The highest BCUT2D eigenvalue weighted by Gasteiger charge is 2.30. The van der Waals surface area contributed by atoms with Crippen molar-refractivity contribution in [2.45, 2.75) is 17.6 Å². The fraction of sp³-hybridized carbons (Fsp3) is 0.455. The van der Waals surface area contributed by atoms with Crippen LogP contribution in [0.5, 0.6) is 11.5 Å². The number of nitrogens with zero attached hydrogens (tertiary/aromatic N) is 2. The summed E-state index contributed by atoms with van der Waals surface area (Å²) in [5.41, 5.74) is 0.442. The second-order valence-corrected chi connectivity index (χ2v) is 9.71. The molecule has 0 aromatic heterocycles. The van der Waals surface area contributed by atoms with Crippen molar-refractivity contribution in [1.82, 2.24) is 9.21 Å². The molecule has 0 bridgehead atoms. The van der Waals surface area contributed by atoms with Gasteiger partial charge in [0.05, 0.1) is 24.2 Å². The molecule has 2 heterocycles. The summed E-state index contributed by atoms with van der Waals surface area (Å²) in [5.74, 6) is 0.651. The maximum absolute atomic E-state index is 13.6. The highest BCUT2D eigenvalue weighted by Crippen LogP contribution is 2.33. The molecule has 32 heavy (non-hydrogen) atoms. The van der Waals surface area contributed by atoms with Crippen LogP contribution in [0.25, 0.3) is 0 Å². The van der Waals surface area contributed by atoms with Crippen LogP contribution in [-0.2, 0) is 21.4 Å². The maximum atomic E-state index is 13.6. The van der Waals surface area contributed by atoms with Crippen LogP contribution in [0.4, 0.5) is 4.39 Å². The van der Waals surface area contributed by atoms with Crippen molar-refractivity contribution in [2.24, 2.45) is 0 Å². The Morgan fingerprint density at radius 3 is 2.50 bits per heavy atom. The van der Waals surface area contributed by atoms with Gasteiger partial charge < -0.3 is 19.3 Å². The predicted molar refractivity (Wildman–Crippen MR) is 115 cm³/mol. The fourth-order valence-corrected chi connectivity index (χ4v) is 5.19. The number of halogens is 1. The Balaban J connectivity index is 1.25. The summed E-state index contributed by atoms with van der Waals surface area (Å²) >= 11 is 0. The molecule has 0 radical (unpaired) electrons. The lowest BCUT2D eigenvalue weighted by Gasteiger charge is -2.35. The van der Waals surface area contributed by atoms with E-state index in [1.54, 1.807) is 24.3 Å². The number of rotatable bonds is 8. The second kappa shape index (κ2) is 10.1. The molecule has 0 aliphatic carbocycles. The molecule has 2 aliphatic heterocycles. The Hall–Kier alpha value is -2.24. The molecule has 0 unspecified atom stereocenters. The lowest BCUT2D eigenvalue weighted by Crippen LogP contribution is -2.50. The Labute approximate surface area is 187 Å². The number of ether oxygens (including phenoxy) is 3. The van der Waals surface area contributed by atoms with Gasteiger partial charge in [-0.15, -0.1) is 0 Å². The Kier molecular flexibility index (Phi) is 7.27. The van der Waals surface area contributed by atoms with Gasteiger partial charge in [-0.2, -0.15) is 4.31 Å². The van der Waals surface area contributed by atoms with Crippen LogP contribution in [-0.4, -0.2) is 81.4 Å². The van der Waals surface area contributed by atoms with Crippen LogP contribution >= 0.6 is 0 Å². The van der Waals surface area contributed by atoms with E-state index in [1.807, 2.05) is 4.90 Å². The number of piperazine rings is 1. The van der Waals surface area contributed by atoms with Gasteiger partial charge in [-0.1, -0.05) is 18.2 Å². The lowest BCUT2D eigenvalue weighted by molar-refractivity contribution is 0.00469. The lowest BCUT2D eigenvalue weighted by atomic mass is 10.2. The predicted octanol–water partition coefficient (Wildman–Crippen LogP) is 1.48. The molecule has 4 rings (SSSR count). The minimum atomic E-state index is -3.65. The molecule has 8 nitrogen and oxygen atoms in total. The number of aliphatic hydroxyl groups excluding tert-OH is 1. The zero-order chi connectivity index (χ0) is 22.6. The summed E-state index contributed by atoms with van der Waals surface area (Å²) in [5, 5.41) is 10.2. The van der Waals surface area contributed by atoms with Crippen LogP contribution in [0.3, 0.4) is 0 Å². The SMILES string of the molecule is O=S(=O)(c1ccc2c(c1)OCCO2)N1CCN(C[C@@H](O)COCc2ccccc2F)CC1. The number of sulfonamides is 1. The highest BCUT2D eigenvalue weighted by molar-refractivity contribution is 7.89. The topological polar surface area (TPSA) is 88.5 Å². The summed E-state index contributed by atoms with van der Waals surface area (Å²) in [6.07, 6.45) is -0.747. The van der Waals surface area contributed by atoms with Crippen LogP contribution in [0.2, 0.25) is 0 Å². The Bertz CT molecular complexity index is 1030. The van der Waals surface area contributed by atoms with Gasteiger partial charge in [-0.3, -0.25) is 4.90 Å². The van der Waals surface area contributed by atoms with Crippen molar-refractivity contribution in [3.63, 3.8) is 0 Å². The van der Waals surface area contributed by atoms with E-state index in [2.05, 4.69) is 0 Å². The number of hydrogen-bond acceptors (Lipinski definition) is 7. The maximum Gasteiger partial charge on any atom is 0.243 e. The fourth-order valence-electron chi connectivity index (χ4n) is 3.76. The van der Waals surface area contributed by atoms with E-state index in [4.69, 9.17) is 14.2 Å². The third kappa shape index (κ3) is 5.38. The largest absolute Gasteiger partial charge is 0.486 e. The van der Waals surface area contributed by atoms with Gasteiger partial charge in [-0.25, -0.2) is 12.8 Å². The molecule has 2 aromatic rings. The van der Waals surface area contributed by atoms with Crippen molar-refractivity contribution in [3.05, 3.63) is 53.8 Å². The molecular formula is C22H27FN2O6S. The summed E-state index contributed by atoms with van der Waals surface area (Å²) in [4.78, 5) is 2.17. The minimum Gasteiger partial charge on any atom is -0.486 e. The van der Waals surface area contributed by atoms with Crippen LogP contribution in [0.15, 0.2) is 47.4 Å². The smallest absolute Gasteiger partial charge is 0.243 e. The zero-order valence-electron chi connectivity index (χ0n) is 17.7. The molecule has 1 fully saturated rings. The molecule has 0 amide bonds. The van der Waals surface area contributed by atoms with Crippen molar-refractivity contribution in [1.29, 1.82) is 0 Å². The number of aliphatic hydroxyl groups is 1. The summed E-state index contributed by atoms with van der Waals surface area (Å²) in [7, 11) is -3.65. The second-order valence-electron chi connectivity index (χ2n) is 7.77. The minimum absolute atomic E-state index is 0.0735. The van der Waals surface area contributed by atoms with E-state index < -0.39 is 16.1 Å². The monoisotopic (exact) mass is 466 g/mol. The van der Waals surface area contributed by atoms with Crippen LogP contribution in [0, 0.1) is 5.82 Å². The van der Waals surface area contributed by atoms with Gasteiger partial charge in [0.1, 0.15) is 19.0 Å². The normalized spacial score (nSPS) is 18.4. The van der Waals surface area contributed by atoms with Gasteiger partial charge in [0, 0.05) is 44.4 Å². The van der Waals surface area contributed by atoms with E-state index >= 15 is 0 Å². The first-order valence-corrected chi connectivity index (χ1v) is 12.0. The molecule has 10 heteroatoms. The van der Waals surface area contributed by atoms with Gasteiger partial charge in [-0.05, 0) is 18.2 Å². The van der Waals surface area contributed by atoms with E-state index in [1.165, 1.54) is 22.5 Å². The first-order valence-electron chi connectivity index (χ1n) is 10.5. The number of benzene rings is 2. The number of hydrogen-bond donors (Lipinski definition) is 1. The standard InChI is InChI=1S/C22H27FN2O6S/c23-20-4-2-1-3-17(20)15-29-16-18(26)14-24-7-9-25(10-8-24)32(27,28)19-5-6-21-22(13-19)31-12-11-30-21/h1-6,13,18,26H,7-12,14-16H2/t18-/m1/s1. The van der Waals surface area contributed by atoms with Crippen molar-refractivity contribution < 1.29 is 32.1 Å². The van der Waals surface area contributed by atoms with Crippen LogP contribution in [0.1, 0.15) is 5.56 Å². The van der Waals surface area contributed by atoms with Gasteiger partial charge in [0.25, 0.3) is 0 Å². The molecule has 0 saturated carbocycles. The summed E-state index contributed by atoms with van der Waals surface area (Å²) in [6, 6.07) is 11.0. The first-order chi connectivity index (χ1) is 15.4. The van der Waals surface area contributed by atoms with Crippen molar-refractivity contribution in [2.75, 3.05) is 52.5 Å². The third-order valence-corrected chi connectivity index (χ3v) is 7.37. The molecule has 2 aromatic carbocycles. The van der Waals surface area contributed by atoms with E-state index in [-0.39, 0.29) is 23.9 Å². The molecule has 1 N–H and O–H groups in total. The quantitative estimate of drug-likeness (QED) is 0.631. The summed E-state index contributed by atoms with van der Waals surface area (Å²) < 4.78 is 57.5. The molecule has 1 atom stereocenters. The van der Waals surface area contributed by atoms with Crippen LogP contribution < -0.4 is 9.47 Å². The van der Waals surface area contributed by atoms with Gasteiger partial charge in [0.2, 0.25) is 10.0 Å². The van der Waals surface area contributed by atoms with E-state index in [9.17, 15) is 17.9 Å².